The SMILES string of the molecule is Cc1ccc2c(C(=O)N3C[C@@H]4[C@H](CNC(=O)C5CC5)[C@H]5CC[C@]4(C3)O5)cnn2c1. The highest BCUT2D eigenvalue weighted by atomic mass is 16.5. The summed E-state index contributed by atoms with van der Waals surface area (Å²) in [6.45, 7) is 4.02. The number of carbonyl (C=O) groups excluding carboxylic acids is 2. The van der Waals surface area contributed by atoms with Gasteiger partial charge in [0.1, 0.15) is 0 Å². The summed E-state index contributed by atoms with van der Waals surface area (Å²) in [7, 11) is 0. The Hall–Kier alpha value is -2.41. The molecule has 2 aromatic rings. The molecule has 1 N–H and O–H groups in total. The maximum Gasteiger partial charge on any atom is 0.257 e. The van der Waals surface area contributed by atoms with E-state index in [1.807, 2.05) is 30.2 Å². The van der Waals surface area contributed by atoms with Gasteiger partial charge in [-0.1, -0.05) is 6.07 Å². The Morgan fingerprint density at radius 2 is 2.17 bits per heavy atom. The predicted molar refractivity (Wildman–Crippen MR) is 105 cm³/mol. The van der Waals surface area contributed by atoms with Crippen LogP contribution in [0.15, 0.2) is 24.5 Å². The Morgan fingerprint density at radius 3 is 3.00 bits per heavy atom. The van der Waals surface area contributed by atoms with E-state index in [0.29, 0.717) is 37.0 Å². The number of aromatic nitrogens is 2. The van der Waals surface area contributed by atoms with Crippen LogP contribution >= 0.6 is 0 Å². The van der Waals surface area contributed by atoms with Gasteiger partial charge in [0.05, 0.1) is 35.5 Å². The average molecular weight is 394 g/mol. The smallest absolute Gasteiger partial charge is 0.257 e. The fraction of sp³-hybridized carbons (Fsp3) is 0.591. The number of nitrogens with one attached hydrogen (secondary N) is 1. The van der Waals surface area contributed by atoms with Gasteiger partial charge in [-0.25, -0.2) is 4.52 Å². The minimum Gasteiger partial charge on any atom is -0.369 e. The van der Waals surface area contributed by atoms with Crippen LogP contribution in [0.2, 0.25) is 0 Å². The topological polar surface area (TPSA) is 75.9 Å². The highest BCUT2D eigenvalue weighted by Gasteiger charge is 2.63. The number of pyridine rings is 1. The summed E-state index contributed by atoms with van der Waals surface area (Å²) in [5.41, 5.74) is 2.37. The fourth-order valence-electron chi connectivity index (χ4n) is 5.75. The predicted octanol–water partition coefficient (Wildman–Crippen LogP) is 1.79. The quantitative estimate of drug-likeness (QED) is 0.858. The molecular weight excluding hydrogens is 368 g/mol. The summed E-state index contributed by atoms with van der Waals surface area (Å²) >= 11 is 0. The first-order chi connectivity index (χ1) is 14.0. The lowest BCUT2D eigenvalue weighted by atomic mass is 9.73. The third kappa shape index (κ3) is 2.63. The molecule has 5 heterocycles. The first-order valence-corrected chi connectivity index (χ1v) is 10.7. The normalized spacial score (nSPS) is 32.7. The minimum atomic E-state index is -0.227. The molecule has 0 unspecified atom stereocenters. The number of ether oxygens (including phenoxy) is 1. The van der Waals surface area contributed by atoms with Crippen LogP contribution in [0.25, 0.3) is 5.52 Å². The van der Waals surface area contributed by atoms with Crippen molar-refractivity contribution in [3.63, 3.8) is 0 Å². The van der Waals surface area contributed by atoms with E-state index >= 15 is 0 Å². The number of likely N-dealkylation sites (tertiary alicyclic amines) is 1. The molecule has 0 radical (unpaired) electrons. The van der Waals surface area contributed by atoms with Gasteiger partial charge in [-0.2, -0.15) is 5.10 Å². The molecular formula is C22H26N4O3. The van der Waals surface area contributed by atoms with Crippen molar-refractivity contribution in [3.05, 3.63) is 35.7 Å². The second kappa shape index (κ2) is 6.05. The van der Waals surface area contributed by atoms with Crippen LogP contribution in [0.1, 0.15) is 41.6 Å². The van der Waals surface area contributed by atoms with E-state index in [9.17, 15) is 9.59 Å². The molecule has 2 amide bonds. The number of hydrogen-bond donors (Lipinski definition) is 1. The summed E-state index contributed by atoms with van der Waals surface area (Å²) < 4.78 is 8.21. The lowest BCUT2D eigenvalue weighted by Crippen LogP contribution is -2.42. The van der Waals surface area contributed by atoms with Gasteiger partial charge in [-0.05, 0) is 44.2 Å². The average Bonchev–Trinajstić information content (AvgIpc) is 3.08. The van der Waals surface area contributed by atoms with Gasteiger partial charge < -0.3 is 15.0 Å². The van der Waals surface area contributed by atoms with Crippen molar-refractivity contribution < 1.29 is 14.3 Å². The van der Waals surface area contributed by atoms with E-state index in [1.54, 1.807) is 10.7 Å². The number of amides is 2. The standard InChI is InChI=1S/C22H26N4O3/c1-13-2-5-18-16(9-24-26(18)10-13)21(28)25-11-17-15(8-23-20(27)14-3-4-14)19-6-7-22(17,12-25)29-19/h2,5,9-10,14-15,17,19H,3-4,6-8,11-12H2,1H3,(H,23,27)/t15-,17+,19+,22+/m0/s1. The Kier molecular flexibility index (Phi) is 3.64. The number of fused-ring (bicyclic) bond motifs is 2. The van der Waals surface area contributed by atoms with Gasteiger partial charge in [-0.3, -0.25) is 9.59 Å². The summed E-state index contributed by atoms with van der Waals surface area (Å²) in [6.07, 6.45) is 7.90. The molecule has 1 spiro atoms. The van der Waals surface area contributed by atoms with Crippen molar-refractivity contribution in [3.8, 4) is 0 Å². The number of rotatable bonds is 4. The second-order valence-electron chi connectivity index (χ2n) is 9.33. The van der Waals surface area contributed by atoms with Crippen LogP contribution in [0.5, 0.6) is 0 Å². The molecule has 3 saturated heterocycles. The van der Waals surface area contributed by atoms with Gasteiger partial charge in [0, 0.05) is 37.0 Å². The molecule has 0 aromatic carbocycles. The minimum absolute atomic E-state index is 0.0282. The zero-order valence-electron chi connectivity index (χ0n) is 16.6. The summed E-state index contributed by atoms with van der Waals surface area (Å²) in [5.74, 6) is 1.05. The van der Waals surface area contributed by atoms with Crippen molar-refractivity contribution in [2.45, 2.75) is 44.3 Å². The lowest BCUT2D eigenvalue weighted by Gasteiger charge is -2.29. The summed E-state index contributed by atoms with van der Waals surface area (Å²) in [5, 5.41) is 7.51. The molecule has 4 fully saturated rings. The molecule has 152 valence electrons. The lowest BCUT2D eigenvalue weighted by molar-refractivity contribution is -0.122. The number of nitrogens with zero attached hydrogens (tertiary/aromatic N) is 3. The van der Waals surface area contributed by atoms with Crippen molar-refractivity contribution in [2.75, 3.05) is 19.6 Å². The highest BCUT2D eigenvalue weighted by Crippen LogP contribution is 2.54. The third-order valence-corrected chi connectivity index (χ3v) is 7.43. The Labute approximate surface area is 169 Å². The van der Waals surface area contributed by atoms with E-state index in [0.717, 1.165) is 36.8 Å². The summed E-state index contributed by atoms with van der Waals surface area (Å²) in [4.78, 5) is 27.4. The monoisotopic (exact) mass is 394 g/mol. The van der Waals surface area contributed by atoms with Crippen LogP contribution in [0, 0.1) is 24.7 Å². The van der Waals surface area contributed by atoms with Gasteiger partial charge in [0.25, 0.3) is 5.91 Å². The summed E-state index contributed by atoms with van der Waals surface area (Å²) in [6, 6.07) is 3.97. The van der Waals surface area contributed by atoms with Crippen LogP contribution in [0.4, 0.5) is 0 Å². The zero-order valence-corrected chi connectivity index (χ0v) is 16.6. The van der Waals surface area contributed by atoms with Crippen LogP contribution < -0.4 is 5.32 Å². The first kappa shape index (κ1) is 17.4. The molecule has 4 atom stereocenters. The first-order valence-electron chi connectivity index (χ1n) is 10.7. The highest BCUT2D eigenvalue weighted by molar-refractivity contribution is 6.00. The van der Waals surface area contributed by atoms with Gasteiger partial charge in [0.2, 0.25) is 5.91 Å². The van der Waals surface area contributed by atoms with Crippen LogP contribution in [-0.4, -0.2) is 57.7 Å². The molecule has 29 heavy (non-hydrogen) atoms. The number of hydrogen-bond acceptors (Lipinski definition) is 4. The molecule has 7 heteroatoms. The van der Waals surface area contributed by atoms with E-state index in [4.69, 9.17) is 4.74 Å². The Bertz CT molecular complexity index is 1010. The molecule has 1 aliphatic carbocycles. The number of carbonyl (C=O) groups is 2. The molecule has 2 bridgehead atoms. The van der Waals surface area contributed by atoms with Crippen molar-refractivity contribution in [1.29, 1.82) is 0 Å². The third-order valence-electron chi connectivity index (χ3n) is 7.43. The largest absolute Gasteiger partial charge is 0.369 e. The molecule has 2 aromatic heterocycles. The van der Waals surface area contributed by atoms with E-state index in [-0.39, 0.29) is 29.4 Å². The molecule has 4 aliphatic rings. The second-order valence-corrected chi connectivity index (χ2v) is 9.33. The van der Waals surface area contributed by atoms with Gasteiger partial charge in [0.15, 0.2) is 0 Å². The molecule has 7 nitrogen and oxygen atoms in total. The molecule has 6 rings (SSSR count). The fourth-order valence-corrected chi connectivity index (χ4v) is 5.75. The van der Waals surface area contributed by atoms with Crippen LogP contribution in [0.3, 0.4) is 0 Å². The molecule has 3 aliphatic heterocycles. The van der Waals surface area contributed by atoms with E-state index in [2.05, 4.69) is 10.4 Å². The van der Waals surface area contributed by atoms with Crippen molar-refractivity contribution in [2.24, 2.45) is 17.8 Å². The maximum atomic E-state index is 13.3. The van der Waals surface area contributed by atoms with Crippen molar-refractivity contribution in [1.82, 2.24) is 19.8 Å². The van der Waals surface area contributed by atoms with Crippen molar-refractivity contribution >= 4 is 17.3 Å². The van der Waals surface area contributed by atoms with Gasteiger partial charge >= 0.3 is 0 Å². The van der Waals surface area contributed by atoms with E-state index < -0.39 is 0 Å². The molecule has 1 saturated carbocycles. The van der Waals surface area contributed by atoms with Crippen LogP contribution in [-0.2, 0) is 9.53 Å². The Balaban J connectivity index is 1.22. The van der Waals surface area contributed by atoms with E-state index in [1.165, 1.54) is 0 Å². The zero-order chi connectivity index (χ0) is 19.8. The maximum absolute atomic E-state index is 13.3. The number of aryl methyl sites for hydroxylation is 1. The van der Waals surface area contributed by atoms with Gasteiger partial charge in [-0.15, -0.1) is 0 Å². The Morgan fingerprint density at radius 1 is 1.31 bits per heavy atom.